The molecule has 2 rings (SSSR count). The van der Waals surface area contributed by atoms with E-state index in [1.807, 2.05) is 30.3 Å². The lowest BCUT2D eigenvalue weighted by atomic mass is 10.0. The molecule has 2 atom stereocenters. The van der Waals surface area contributed by atoms with Crippen LogP contribution < -0.4 is 15.4 Å². The van der Waals surface area contributed by atoms with Crippen LogP contribution in [0, 0.1) is 5.92 Å². The van der Waals surface area contributed by atoms with Crippen molar-refractivity contribution in [3.8, 4) is 5.75 Å². The number of carbonyl (C=O) groups is 4. The zero-order valence-corrected chi connectivity index (χ0v) is 21.0. The number of ether oxygens (including phenoxy) is 1. The van der Waals surface area contributed by atoms with Crippen molar-refractivity contribution in [2.45, 2.75) is 44.5 Å². The first-order valence-electron chi connectivity index (χ1n) is 11.3. The van der Waals surface area contributed by atoms with Gasteiger partial charge in [-0.1, -0.05) is 62.4 Å². The van der Waals surface area contributed by atoms with Crippen LogP contribution in [0.4, 0.5) is 0 Å². The van der Waals surface area contributed by atoms with Crippen molar-refractivity contribution in [3.63, 3.8) is 0 Å². The van der Waals surface area contributed by atoms with E-state index < -0.39 is 30.4 Å². The van der Waals surface area contributed by atoms with E-state index >= 15 is 0 Å². The number of aliphatic carboxylic acids is 1. The molecular weight excluding hydrogens is 468 g/mol. The minimum Gasteiger partial charge on any atom is -0.496 e. The summed E-state index contributed by atoms with van der Waals surface area (Å²) in [5.74, 6) is -1.64. The number of methoxy groups -OCH3 is 1. The van der Waals surface area contributed by atoms with Crippen molar-refractivity contribution in [2.24, 2.45) is 5.92 Å². The molecule has 0 radical (unpaired) electrons. The molecule has 0 spiro atoms. The number of para-hydroxylation sites is 1. The highest BCUT2D eigenvalue weighted by Crippen LogP contribution is 2.18. The largest absolute Gasteiger partial charge is 0.496 e. The maximum atomic E-state index is 13.0. The number of carboxylic acids is 1. The average molecular weight is 501 g/mol. The first-order chi connectivity index (χ1) is 16.7. The molecule has 0 saturated heterocycles. The van der Waals surface area contributed by atoms with Crippen molar-refractivity contribution in [1.82, 2.24) is 10.6 Å². The molecule has 0 saturated carbocycles. The number of amides is 2. The smallest absolute Gasteiger partial charge is 0.305 e. The van der Waals surface area contributed by atoms with Crippen LogP contribution in [0.3, 0.4) is 0 Å². The maximum absolute atomic E-state index is 13.0. The summed E-state index contributed by atoms with van der Waals surface area (Å²) in [5, 5.41) is 14.5. The standard InChI is InChI=1S/C26H32N2O6S/c1-17(2)25(28-23(30)13-19-11-7-8-12-22(19)34-3)26(33)27-20(14-24(31)32)21(29)16-35-15-18-9-5-4-6-10-18/h4-12,17,20,25H,13-16H2,1-3H3,(H,27,33)(H,28,30)(H,31,32)/t20?,25-/m0/s1. The zero-order chi connectivity index (χ0) is 25.8. The predicted octanol–water partition coefficient (Wildman–Crippen LogP) is 2.84. The SMILES string of the molecule is COc1ccccc1CC(=O)N[C@H](C(=O)NC(CC(=O)O)C(=O)CSCc1ccccc1)C(C)C. The van der Waals surface area contributed by atoms with Gasteiger partial charge in [-0.3, -0.25) is 19.2 Å². The van der Waals surface area contributed by atoms with E-state index in [0.717, 1.165) is 5.56 Å². The number of nitrogens with one attached hydrogen (secondary N) is 2. The first-order valence-corrected chi connectivity index (χ1v) is 12.4. The predicted molar refractivity (Wildman–Crippen MR) is 135 cm³/mol. The van der Waals surface area contributed by atoms with Crippen LogP contribution in [0.15, 0.2) is 54.6 Å². The highest BCUT2D eigenvalue weighted by atomic mass is 32.2. The topological polar surface area (TPSA) is 122 Å². The number of carbonyl (C=O) groups excluding carboxylic acids is 3. The third-order valence-corrected chi connectivity index (χ3v) is 6.28. The summed E-state index contributed by atoms with van der Waals surface area (Å²) in [6, 6.07) is 14.6. The Morgan fingerprint density at radius 2 is 1.63 bits per heavy atom. The van der Waals surface area contributed by atoms with Gasteiger partial charge in [0.25, 0.3) is 0 Å². The Kier molecular flexibility index (Phi) is 11.3. The molecule has 188 valence electrons. The van der Waals surface area contributed by atoms with Gasteiger partial charge in [0, 0.05) is 11.3 Å². The number of Topliss-reactive ketones (excluding diaryl/α,β-unsaturated/α-hetero) is 1. The van der Waals surface area contributed by atoms with Gasteiger partial charge in [0.1, 0.15) is 11.8 Å². The third kappa shape index (κ3) is 9.44. The molecular formula is C26H32N2O6S. The Bertz CT molecular complexity index is 1010. The number of hydrogen-bond donors (Lipinski definition) is 3. The zero-order valence-electron chi connectivity index (χ0n) is 20.2. The Balaban J connectivity index is 2.00. The molecule has 2 amide bonds. The van der Waals surface area contributed by atoms with Crippen LogP contribution in [-0.2, 0) is 31.4 Å². The van der Waals surface area contributed by atoms with Crippen LogP contribution in [-0.4, -0.2) is 53.6 Å². The van der Waals surface area contributed by atoms with E-state index in [4.69, 9.17) is 4.74 Å². The number of thioether (sulfide) groups is 1. The lowest BCUT2D eigenvalue weighted by Gasteiger charge is -2.24. The molecule has 0 aliphatic carbocycles. The molecule has 3 N–H and O–H groups in total. The lowest BCUT2D eigenvalue weighted by Crippen LogP contribution is -2.54. The van der Waals surface area contributed by atoms with E-state index in [0.29, 0.717) is 17.1 Å². The molecule has 0 aliphatic heterocycles. The van der Waals surface area contributed by atoms with Gasteiger partial charge in [-0.05, 0) is 17.5 Å². The van der Waals surface area contributed by atoms with Gasteiger partial charge in [-0.2, -0.15) is 0 Å². The van der Waals surface area contributed by atoms with Gasteiger partial charge in [-0.15, -0.1) is 11.8 Å². The quantitative estimate of drug-likeness (QED) is 0.365. The molecule has 0 fully saturated rings. The molecule has 2 aromatic rings. The molecule has 0 aromatic heterocycles. The van der Waals surface area contributed by atoms with Gasteiger partial charge in [0.15, 0.2) is 5.78 Å². The molecule has 2 aromatic carbocycles. The van der Waals surface area contributed by atoms with Crippen LogP contribution >= 0.6 is 11.8 Å². The van der Waals surface area contributed by atoms with E-state index in [-0.39, 0.29) is 29.8 Å². The fourth-order valence-electron chi connectivity index (χ4n) is 3.41. The van der Waals surface area contributed by atoms with Crippen LogP contribution in [0.25, 0.3) is 0 Å². The summed E-state index contributed by atoms with van der Waals surface area (Å²) >= 11 is 1.35. The van der Waals surface area contributed by atoms with E-state index in [1.165, 1.54) is 18.9 Å². The fraction of sp³-hybridized carbons (Fsp3) is 0.385. The first kappa shape index (κ1) is 27.9. The molecule has 8 nitrogen and oxygen atoms in total. The molecule has 0 heterocycles. The molecule has 1 unspecified atom stereocenters. The Labute approximate surface area is 209 Å². The summed E-state index contributed by atoms with van der Waals surface area (Å²) in [5.41, 5.74) is 1.71. The summed E-state index contributed by atoms with van der Waals surface area (Å²) < 4.78 is 5.27. The lowest BCUT2D eigenvalue weighted by molar-refractivity contribution is -0.140. The maximum Gasteiger partial charge on any atom is 0.305 e. The highest BCUT2D eigenvalue weighted by Gasteiger charge is 2.30. The normalized spacial score (nSPS) is 12.5. The van der Waals surface area contributed by atoms with Gasteiger partial charge in [-0.25, -0.2) is 0 Å². The van der Waals surface area contributed by atoms with Gasteiger partial charge in [0.2, 0.25) is 11.8 Å². The Morgan fingerprint density at radius 3 is 2.26 bits per heavy atom. The summed E-state index contributed by atoms with van der Waals surface area (Å²) in [7, 11) is 1.51. The number of benzene rings is 2. The van der Waals surface area contributed by atoms with Crippen LogP contribution in [0.5, 0.6) is 5.75 Å². The molecule has 0 aliphatic rings. The second kappa shape index (κ2) is 14.2. The van der Waals surface area contributed by atoms with Gasteiger partial charge < -0.3 is 20.5 Å². The van der Waals surface area contributed by atoms with Crippen LogP contribution in [0.1, 0.15) is 31.4 Å². The second-order valence-electron chi connectivity index (χ2n) is 8.38. The molecule has 0 bridgehead atoms. The minimum atomic E-state index is -1.20. The minimum absolute atomic E-state index is 0.00806. The van der Waals surface area contributed by atoms with Crippen LogP contribution in [0.2, 0.25) is 0 Å². The van der Waals surface area contributed by atoms with Crippen molar-refractivity contribution in [2.75, 3.05) is 12.9 Å². The van der Waals surface area contributed by atoms with Gasteiger partial charge >= 0.3 is 5.97 Å². The van der Waals surface area contributed by atoms with Crippen molar-refractivity contribution < 1.29 is 29.0 Å². The summed E-state index contributed by atoms with van der Waals surface area (Å²) in [6.45, 7) is 3.52. The Hall–Kier alpha value is -3.33. The number of rotatable bonds is 14. The fourth-order valence-corrected chi connectivity index (χ4v) is 4.34. The van der Waals surface area contributed by atoms with E-state index in [2.05, 4.69) is 10.6 Å². The van der Waals surface area contributed by atoms with Crippen molar-refractivity contribution >= 4 is 35.3 Å². The number of ketones is 1. The Morgan fingerprint density at radius 1 is 0.971 bits per heavy atom. The van der Waals surface area contributed by atoms with E-state index in [9.17, 15) is 24.3 Å². The second-order valence-corrected chi connectivity index (χ2v) is 9.37. The molecule has 35 heavy (non-hydrogen) atoms. The molecule has 9 heteroatoms. The third-order valence-electron chi connectivity index (χ3n) is 5.25. The summed E-state index contributed by atoms with van der Waals surface area (Å²) in [6.07, 6.45) is -0.523. The van der Waals surface area contributed by atoms with Crippen molar-refractivity contribution in [3.05, 3.63) is 65.7 Å². The summed E-state index contributed by atoms with van der Waals surface area (Å²) in [4.78, 5) is 49.7. The monoisotopic (exact) mass is 500 g/mol. The number of hydrogen-bond acceptors (Lipinski definition) is 6. The van der Waals surface area contributed by atoms with Crippen molar-refractivity contribution in [1.29, 1.82) is 0 Å². The van der Waals surface area contributed by atoms with E-state index in [1.54, 1.807) is 38.1 Å². The van der Waals surface area contributed by atoms with Gasteiger partial charge in [0.05, 0.1) is 31.7 Å². The highest BCUT2D eigenvalue weighted by molar-refractivity contribution is 7.99. The number of carboxylic acid groups (broad SMARTS) is 1. The average Bonchev–Trinajstić information content (AvgIpc) is 2.82.